The van der Waals surface area contributed by atoms with Gasteiger partial charge in [-0.05, 0) is 47.0 Å². The number of hydrogen-bond acceptors (Lipinski definition) is 7. The van der Waals surface area contributed by atoms with E-state index in [2.05, 4.69) is 16.7 Å². The molecule has 1 amide bonds. The van der Waals surface area contributed by atoms with E-state index in [-0.39, 0.29) is 30.5 Å². The number of para-hydroxylation sites is 1. The fourth-order valence-corrected chi connectivity index (χ4v) is 5.70. The molecule has 230 valence electrons. The number of carbonyl (C=O) groups excluding carboxylic acids is 2. The van der Waals surface area contributed by atoms with Crippen molar-refractivity contribution < 1.29 is 23.8 Å². The summed E-state index contributed by atoms with van der Waals surface area (Å²) in [6.07, 6.45) is 0.191. The maximum absolute atomic E-state index is 14.1. The average Bonchev–Trinajstić information content (AvgIpc) is 3.09. The molecule has 8 heteroatoms. The summed E-state index contributed by atoms with van der Waals surface area (Å²) in [5.41, 5.74) is 4.07. The van der Waals surface area contributed by atoms with Gasteiger partial charge >= 0.3 is 5.97 Å². The van der Waals surface area contributed by atoms with E-state index in [0.717, 1.165) is 16.7 Å². The molecule has 1 heterocycles. The van der Waals surface area contributed by atoms with E-state index in [4.69, 9.17) is 19.5 Å². The van der Waals surface area contributed by atoms with Crippen molar-refractivity contribution in [2.24, 2.45) is 5.92 Å². The predicted octanol–water partition coefficient (Wildman–Crippen LogP) is 5.49. The SMILES string of the molecule is COC(=O)C[C@H](C(=O)Nc1ccccc1C[C@H]1CNC[C@@H](COc2ccc(C#N)cc2)O1)C(c1ccccc1)c1ccccc1. The standard InChI is InChI=1S/C37H37N3O5/c1-43-35(41)21-33(36(27-10-4-2-5-11-27)28-12-6-3-7-13-28)37(42)40-34-15-9-8-14-29(34)20-31-23-39-24-32(45-31)25-44-30-18-16-26(22-38)17-19-30/h2-19,31-33,36,39H,20-21,23-25H2,1H3,(H,40,42)/t31-,32-,33-/m0/s1. The van der Waals surface area contributed by atoms with Crippen molar-refractivity contribution in [1.82, 2.24) is 5.32 Å². The summed E-state index contributed by atoms with van der Waals surface area (Å²) < 4.78 is 17.3. The Kier molecular flexibility index (Phi) is 10.9. The molecule has 3 atom stereocenters. The highest BCUT2D eigenvalue weighted by Crippen LogP contribution is 2.35. The number of morpholine rings is 1. The lowest BCUT2D eigenvalue weighted by Gasteiger charge is -2.31. The summed E-state index contributed by atoms with van der Waals surface area (Å²) in [4.78, 5) is 26.7. The molecule has 0 saturated carbocycles. The molecule has 1 aliphatic heterocycles. The van der Waals surface area contributed by atoms with Gasteiger partial charge in [0.15, 0.2) is 0 Å². The summed E-state index contributed by atoms with van der Waals surface area (Å²) in [6.45, 7) is 1.68. The Hall–Kier alpha value is -4.97. The summed E-state index contributed by atoms with van der Waals surface area (Å²) in [6, 6.07) is 36.4. The Bertz CT molecular complexity index is 1550. The molecule has 4 aromatic carbocycles. The van der Waals surface area contributed by atoms with Crippen LogP contribution in [0.15, 0.2) is 109 Å². The number of nitrogens with one attached hydrogen (secondary N) is 2. The van der Waals surface area contributed by atoms with Crippen LogP contribution in [-0.4, -0.2) is 50.9 Å². The lowest BCUT2D eigenvalue weighted by atomic mass is 9.78. The van der Waals surface area contributed by atoms with Gasteiger partial charge in [0.05, 0.1) is 37.2 Å². The fourth-order valence-electron chi connectivity index (χ4n) is 5.70. The van der Waals surface area contributed by atoms with Crippen LogP contribution in [0.1, 0.15) is 34.6 Å². The Balaban J connectivity index is 1.31. The molecular formula is C37H37N3O5. The molecule has 4 aromatic rings. The van der Waals surface area contributed by atoms with Crippen molar-refractivity contribution in [2.75, 3.05) is 32.1 Å². The van der Waals surface area contributed by atoms with Crippen molar-refractivity contribution in [3.63, 3.8) is 0 Å². The minimum absolute atomic E-state index is 0.0739. The predicted molar refractivity (Wildman–Crippen MR) is 172 cm³/mol. The van der Waals surface area contributed by atoms with Crippen LogP contribution in [-0.2, 0) is 25.5 Å². The number of nitriles is 1. The number of hydrogen-bond donors (Lipinski definition) is 2. The van der Waals surface area contributed by atoms with Crippen LogP contribution in [0.3, 0.4) is 0 Å². The van der Waals surface area contributed by atoms with Crippen LogP contribution >= 0.6 is 0 Å². The van der Waals surface area contributed by atoms with E-state index in [9.17, 15) is 9.59 Å². The Morgan fingerprint density at radius 3 is 2.16 bits per heavy atom. The molecule has 1 fully saturated rings. The third-order valence-electron chi connectivity index (χ3n) is 7.94. The van der Waals surface area contributed by atoms with Crippen molar-refractivity contribution in [3.05, 3.63) is 131 Å². The van der Waals surface area contributed by atoms with Gasteiger partial charge < -0.3 is 24.8 Å². The summed E-state index contributed by atoms with van der Waals surface area (Å²) in [5.74, 6) is -1.11. The van der Waals surface area contributed by atoms with E-state index in [1.165, 1.54) is 7.11 Å². The van der Waals surface area contributed by atoms with E-state index in [1.807, 2.05) is 84.9 Å². The molecule has 5 rings (SSSR count). The first kappa shape index (κ1) is 31.5. The third kappa shape index (κ3) is 8.57. The Morgan fingerprint density at radius 2 is 1.51 bits per heavy atom. The molecule has 0 spiro atoms. The number of nitrogens with zero attached hydrogens (tertiary/aromatic N) is 1. The molecule has 45 heavy (non-hydrogen) atoms. The molecule has 0 bridgehead atoms. The molecule has 0 aliphatic carbocycles. The van der Waals surface area contributed by atoms with Gasteiger partial charge in [0.25, 0.3) is 0 Å². The van der Waals surface area contributed by atoms with Gasteiger partial charge in [-0.15, -0.1) is 0 Å². The molecular weight excluding hydrogens is 566 g/mol. The van der Waals surface area contributed by atoms with Gasteiger partial charge in [0, 0.05) is 31.1 Å². The van der Waals surface area contributed by atoms with Crippen molar-refractivity contribution in [2.45, 2.75) is 31.0 Å². The number of ether oxygens (including phenoxy) is 3. The summed E-state index contributed by atoms with van der Waals surface area (Å²) >= 11 is 0. The van der Waals surface area contributed by atoms with Gasteiger partial charge in [0.2, 0.25) is 5.91 Å². The highest BCUT2D eigenvalue weighted by Gasteiger charge is 2.34. The first-order valence-corrected chi connectivity index (χ1v) is 15.1. The van der Waals surface area contributed by atoms with Gasteiger partial charge in [-0.25, -0.2) is 0 Å². The Morgan fingerprint density at radius 1 is 0.889 bits per heavy atom. The van der Waals surface area contributed by atoms with Gasteiger partial charge in [-0.3, -0.25) is 9.59 Å². The molecule has 0 radical (unpaired) electrons. The zero-order chi connectivity index (χ0) is 31.4. The van der Waals surface area contributed by atoms with Gasteiger partial charge in [-0.2, -0.15) is 5.26 Å². The minimum atomic E-state index is -0.716. The highest BCUT2D eigenvalue weighted by atomic mass is 16.5. The first-order valence-electron chi connectivity index (χ1n) is 15.1. The number of methoxy groups -OCH3 is 1. The van der Waals surface area contributed by atoms with Crippen LogP contribution < -0.4 is 15.4 Å². The van der Waals surface area contributed by atoms with Crippen LogP contribution in [0.5, 0.6) is 5.75 Å². The maximum atomic E-state index is 14.1. The largest absolute Gasteiger partial charge is 0.491 e. The zero-order valence-electron chi connectivity index (χ0n) is 25.2. The lowest BCUT2D eigenvalue weighted by molar-refractivity contribution is -0.143. The second-order valence-electron chi connectivity index (χ2n) is 11.0. The van der Waals surface area contributed by atoms with E-state index in [0.29, 0.717) is 43.1 Å². The molecule has 8 nitrogen and oxygen atoms in total. The molecule has 0 aromatic heterocycles. The van der Waals surface area contributed by atoms with E-state index in [1.54, 1.807) is 24.3 Å². The van der Waals surface area contributed by atoms with Crippen molar-refractivity contribution in [3.8, 4) is 11.8 Å². The van der Waals surface area contributed by atoms with Crippen molar-refractivity contribution in [1.29, 1.82) is 5.26 Å². The fraction of sp³-hybridized carbons (Fsp3) is 0.270. The smallest absolute Gasteiger partial charge is 0.306 e. The lowest BCUT2D eigenvalue weighted by Crippen LogP contribution is -2.47. The average molecular weight is 604 g/mol. The molecule has 0 unspecified atom stereocenters. The van der Waals surface area contributed by atoms with Crippen molar-refractivity contribution >= 4 is 17.6 Å². The van der Waals surface area contributed by atoms with Crippen LogP contribution in [0.4, 0.5) is 5.69 Å². The number of carbonyl (C=O) groups is 2. The number of anilines is 1. The molecule has 2 N–H and O–H groups in total. The number of rotatable bonds is 12. The third-order valence-corrected chi connectivity index (χ3v) is 7.94. The first-order chi connectivity index (χ1) is 22.0. The van der Waals surface area contributed by atoms with Gasteiger partial charge in [0.1, 0.15) is 18.5 Å². The number of esters is 1. The summed E-state index contributed by atoms with van der Waals surface area (Å²) in [7, 11) is 1.34. The quantitative estimate of drug-likeness (QED) is 0.206. The topological polar surface area (TPSA) is 110 Å². The minimum Gasteiger partial charge on any atom is -0.491 e. The van der Waals surface area contributed by atoms with Crippen LogP contribution in [0.2, 0.25) is 0 Å². The molecule has 1 aliphatic rings. The van der Waals surface area contributed by atoms with E-state index >= 15 is 0 Å². The van der Waals surface area contributed by atoms with Crippen LogP contribution in [0, 0.1) is 17.2 Å². The Labute approximate surface area is 263 Å². The monoisotopic (exact) mass is 603 g/mol. The normalized spacial score (nSPS) is 16.7. The van der Waals surface area contributed by atoms with E-state index < -0.39 is 11.9 Å². The van der Waals surface area contributed by atoms with Crippen LogP contribution in [0.25, 0.3) is 0 Å². The number of benzene rings is 4. The second kappa shape index (κ2) is 15.7. The molecule has 1 saturated heterocycles. The zero-order valence-corrected chi connectivity index (χ0v) is 25.2. The van der Waals surface area contributed by atoms with Gasteiger partial charge in [-0.1, -0.05) is 78.9 Å². The highest BCUT2D eigenvalue weighted by molar-refractivity contribution is 5.96. The summed E-state index contributed by atoms with van der Waals surface area (Å²) in [5, 5.41) is 15.6. The maximum Gasteiger partial charge on any atom is 0.306 e. The second-order valence-corrected chi connectivity index (χ2v) is 11.0. The number of amides is 1.